The number of H-pyrrole nitrogens is 1. The second-order valence-corrected chi connectivity index (χ2v) is 2.29. The molecule has 0 atom stereocenters. The number of carbonyl (C=O) groups is 1. The van der Waals surface area contributed by atoms with Crippen LogP contribution >= 0.6 is 0 Å². The van der Waals surface area contributed by atoms with E-state index in [1.165, 1.54) is 7.11 Å². The lowest BCUT2D eigenvalue weighted by Gasteiger charge is -1.93. The Hall–Kier alpha value is -1.32. The van der Waals surface area contributed by atoms with Crippen molar-refractivity contribution >= 4 is 5.97 Å². The van der Waals surface area contributed by atoms with Crippen LogP contribution in [0.4, 0.5) is 0 Å². The molecule has 0 aliphatic carbocycles. The molecule has 1 aromatic heterocycles. The molecule has 0 aromatic carbocycles. The summed E-state index contributed by atoms with van der Waals surface area (Å²) in [6.07, 6.45) is 0.261. The third kappa shape index (κ3) is 2.07. The van der Waals surface area contributed by atoms with Gasteiger partial charge in [-0.1, -0.05) is 0 Å². The van der Waals surface area contributed by atoms with E-state index in [0.29, 0.717) is 0 Å². The lowest BCUT2D eigenvalue weighted by atomic mass is 10.3. The van der Waals surface area contributed by atoms with Gasteiger partial charge in [-0.25, -0.2) is 0 Å². The number of hydrogen-bond donors (Lipinski definition) is 1. The summed E-state index contributed by atoms with van der Waals surface area (Å²) in [5.74, 6) is -0.256. The number of aryl methyl sites for hydroxylation is 1. The number of aromatic amines is 1. The Kier molecular flexibility index (Phi) is 2.25. The molecular weight excluding hydrogens is 144 g/mol. The van der Waals surface area contributed by atoms with Crippen LogP contribution in [0, 0.1) is 6.92 Å². The molecule has 0 unspecified atom stereocenters. The fraction of sp³-hybridized carbons (Fsp3) is 0.429. The predicted octanol–water partition coefficient (Wildman–Crippen LogP) is 0.434. The molecule has 1 aromatic rings. The highest BCUT2D eigenvalue weighted by molar-refractivity contribution is 5.71. The molecule has 0 bridgehead atoms. The lowest BCUT2D eigenvalue weighted by Crippen LogP contribution is -2.04. The van der Waals surface area contributed by atoms with Crippen molar-refractivity contribution in [1.29, 1.82) is 0 Å². The monoisotopic (exact) mass is 154 g/mol. The maximum Gasteiger partial charge on any atom is 0.311 e. The second kappa shape index (κ2) is 3.18. The number of methoxy groups -OCH3 is 1. The highest BCUT2D eigenvalue weighted by Gasteiger charge is 2.03. The fourth-order valence-corrected chi connectivity index (χ4v) is 0.795. The van der Waals surface area contributed by atoms with Crippen LogP contribution in [-0.4, -0.2) is 23.3 Å². The van der Waals surface area contributed by atoms with Crippen LogP contribution in [0.2, 0.25) is 0 Å². The van der Waals surface area contributed by atoms with Gasteiger partial charge in [0.15, 0.2) is 0 Å². The largest absolute Gasteiger partial charge is 0.469 e. The summed E-state index contributed by atoms with van der Waals surface area (Å²) in [6, 6.07) is 1.82. The van der Waals surface area contributed by atoms with Gasteiger partial charge in [0.05, 0.1) is 19.2 Å². The smallest absolute Gasteiger partial charge is 0.311 e. The number of hydrogen-bond acceptors (Lipinski definition) is 3. The SMILES string of the molecule is COC(=O)Cc1cc(C)n[nH]1. The highest BCUT2D eigenvalue weighted by Crippen LogP contribution is 1.98. The molecule has 11 heavy (non-hydrogen) atoms. The molecule has 0 spiro atoms. The Bertz CT molecular complexity index is 255. The summed E-state index contributed by atoms with van der Waals surface area (Å²) in [6.45, 7) is 1.86. The van der Waals surface area contributed by atoms with Gasteiger partial charge in [-0.15, -0.1) is 0 Å². The summed E-state index contributed by atoms with van der Waals surface area (Å²) in [5.41, 5.74) is 1.67. The van der Waals surface area contributed by atoms with E-state index >= 15 is 0 Å². The average molecular weight is 154 g/mol. The van der Waals surface area contributed by atoms with Gasteiger partial charge >= 0.3 is 5.97 Å². The van der Waals surface area contributed by atoms with Gasteiger partial charge in [0.1, 0.15) is 0 Å². The van der Waals surface area contributed by atoms with Crippen LogP contribution in [0.5, 0.6) is 0 Å². The number of ether oxygens (including phenoxy) is 1. The van der Waals surface area contributed by atoms with Gasteiger partial charge in [0.2, 0.25) is 0 Å². The molecule has 1 heterocycles. The molecule has 0 radical (unpaired) electrons. The highest BCUT2D eigenvalue weighted by atomic mass is 16.5. The van der Waals surface area contributed by atoms with E-state index in [1.54, 1.807) is 0 Å². The van der Waals surface area contributed by atoms with Gasteiger partial charge in [-0.05, 0) is 13.0 Å². The van der Waals surface area contributed by atoms with Crippen molar-refractivity contribution in [2.24, 2.45) is 0 Å². The first-order valence-electron chi connectivity index (χ1n) is 3.30. The zero-order chi connectivity index (χ0) is 8.27. The third-order valence-corrected chi connectivity index (χ3v) is 1.32. The van der Waals surface area contributed by atoms with Crippen LogP contribution < -0.4 is 0 Å². The quantitative estimate of drug-likeness (QED) is 0.628. The van der Waals surface area contributed by atoms with Crippen molar-refractivity contribution in [2.75, 3.05) is 7.11 Å². The maximum absolute atomic E-state index is 10.7. The second-order valence-electron chi connectivity index (χ2n) is 2.29. The Morgan fingerprint density at radius 3 is 3.00 bits per heavy atom. The molecule has 0 aliphatic rings. The first-order valence-corrected chi connectivity index (χ1v) is 3.30. The molecule has 0 saturated heterocycles. The summed E-state index contributed by atoms with van der Waals surface area (Å²) >= 11 is 0. The Morgan fingerprint density at radius 1 is 1.82 bits per heavy atom. The first kappa shape index (κ1) is 7.78. The van der Waals surface area contributed by atoms with Gasteiger partial charge < -0.3 is 4.74 Å². The van der Waals surface area contributed by atoms with E-state index in [0.717, 1.165) is 11.4 Å². The van der Waals surface area contributed by atoms with E-state index in [2.05, 4.69) is 14.9 Å². The molecule has 0 amide bonds. The summed E-state index contributed by atoms with van der Waals surface area (Å²) in [5, 5.41) is 6.59. The Morgan fingerprint density at radius 2 is 2.55 bits per heavy atom. The zero-order valence-electron chi connectivity index (χ0n) is 6.55. The van der Waals surface area contributed by atoms with Gasteiger partial charge in [0.25, 0.3) is 0 Å². The predicted molar refractivity (Wildman–Crippen MR) is 39.0 cm³/mol. The first-order chi connectivity index (χ1) is 5.22. The number of aromatic nitrogens is 2. The number of nitrogens with zero attached hydrogens (tertiary/aromatic N) is 1. The van der Waals surface area contributed by atoms with E-state index in [4.69, 9.17) is 0 Å². The zero-order valence-corrected chi connectivity index (χ0v) is 6.55. The summed E-state index contributed by atoms with van der Waals surface area (Å²) < 4.78 is 4.48. The fourth-order valence-electron chi connectivity index (χ4n) is 0.795. The number of rotatable bonds is 2. The van der Waals surface area contributed by atoms with Crippen LogP contribution in [0.1, 0.15) is 11.4 Å². The van der Waals surface area contributed by atoms with Crippen molar-refractivity contribution in [3.63, 3.8) is 0 Å². The normalized spacial score (nSPS) is 9.64. The van der Waals surface area contributed by atoms with Crippen molar-refractivity contribution in [3.05, 3.63) is 17.5 Å². The van der Waals surface area contributed by atoms with E-state index < -0.39 is 0 Å². The summed E-state index contributed by atoms with van der Waals surface area (Å²) in [7, 11) is 1.37. The van der Waals surface area contributed by atoms with Crippen LogP contribution in [0.3, 0.4) is 0 Å². The van der Waals surface area contributed by atoms with Gasteiger partial charge in [0, 0.05) is 5.69 Å². The molecule has 1 N–H and O–H groups in total. The number of esters is 1. The molecule has 0 fully saturated rings. The van der Waals surface area contributed by atoms with Crippen LogP contribution in [0.15, 0.2) is 6.07 Å². The van der Waals surface area contributed by atoms with Crippen LogP contribution in [0.25, 0.3) is 0 Å². The van der Waals surface area contributed by atoms with E-state index in [9.17, 15) is 4.79 Å². The molecular formula is C7H10N2O2. The van der Waals surface area contributed by atoms with Crippen molar-refractivity contribution < 1.29 is 9.53 Å². The van der Waals surface area contributed by atoms with E-state index in [1.807, 2.05) is 13.0 Å². The maximum atomic E-state index is 10.7. The topological polar surface area (TPSA) is 55.0 Å². The lowest BCUT2D eigenvalue weighted by molar-refractivity contribution is -0.139. The number of nitrogens with one attached hydrogen (secondary N) is 1. The third-order valence-electron chi connectivity index (χ3n) is 1.32. The molecule has 60 valence electrons. The minimum atomic E-state index is -0.256. The number of carbonyl (C=O) groups excluding carboxylic acids is 1. The molecule has 0 saturated carbocycles. The summed E-state index contributed by atoms with van der Waals surface area (Å²) in [4.78, 5) is 10.7. The van der Waals surface area contributed by atoms with Crippen molar-refractivity contribution in [3.8, 4) is 0 Å². The molecule has 1 rings (SSSR count). The minimum absolute atomic E-state index is 0.256. The minimum Gasteiger partial charge on any atom is -0.469 e. The molecule has 0 aliphatic heterocycles. The Balaban J connectivity index is 2.57. The van der Waals surface area contributed by atoms with Crippen molar-refractivity contribution in [2.45, 2.75) is 13.3 Å². The average Bonchev–Trinajstić information content (AvgIpc) is 2.35. The van der Waals surface area contributed by atoms with E-state index in [-0.39, 0.29) is 12.4 Å². The molecule has 4 heteroatoms. The van der Waals surface area contributed by atoms with Gasteiger partial charge in [-0.2, -0.15) is 5.10 Å². The Labute approximate surface area is 64.6 Å². The van der Waals surface area contributed by atoms with Crippen molar-refractivity contribution in [1.82, 2.24) is 10.2 Å². The van der Waals surface area contributed by atoms with Gasteiger partial charge in [-0.3, -0.25) is 9.89 Å². The standard InChI is InChI=1S/C7H10N2O2/c1-5-3-6(9-8-5)4-7(10)11-2/h3H,4H2,1-2H3,(H,8,9). The van der Waals surface area contributed by atoms with Crippen LogP contribution in [-0.2, 0) is 16.0 Å². The molecule has 4 nitrogen and oxygen atoms in total.